The Bertz CT molecular complexity index is 311. The zero-order valence-electron chi connectivity index (χ0n) is 7.25. The third-order valence-corrected chi connectivity index (χ3v) is 8.63. The Morgan fingerprint density at radius 3 is 2.67 bits per heavy atom. The second-order valence-electron chi connectivity index (χ2n) is 3.58. The van der Waals surface area contributed by atoms with Crippen molar-refractivity contribution in [3.63, 3.8) is 0 Å². The van der Waals surface area contributed by atoms with Gasteiger partial charge in [0.15, 0.2) is 0 Å². The molecule has 0 saturated carbocycles. The van der Waals surface area contributed by atoms with E-state index in [1.54, 1.807) is 0 Å². The number of benzene rings is 1. The molecule has 2 rings (SSSR count). The van der Waals surface area contributed by atoms with Crippen LogP contribution in [0.15, 0.2) is 24.3 Å². The molecule has 0 bridgehead atoms. The van der Waals surface area contributed by atoms with E-state index in [1.165, 1.54) is 10.0 Å². The molecule has 0 N–H and O–H groups in total. The summed E-state index contributed by atoms with van der Waals surface area (Å²) in [7, 11) is 10.9. The van der Waals surface area contributed by atoms with E-state index in [2.05, 4.69) is 38.4 Å². The van der Waals surface area contributed by atoms with Crippen molar-refractivity contribution >= 4 is 27.8 Å². The fourth-order valence-corrected chi connectivity index (χ4v) is 5.35. The third kappa shape index (κ3) is 1.20. The molecular formula is C9H12ClNSe+. The van der Waals surface area contributed by atoms with Gasteiger partial charge in [-0.05, 0) is 0 Å². The van der Waals surface area contributed by atoms with E-state index in [0.29, 0.717) is 0 Å². The number of hydrogen-bond acceptors (Lipinski definition) is 0. The minimum absolute atomic E-state index is 0.987. The molecule has 0 fully saturated rings. The molecule has 0 unspecified atom stereocenters. The average Bonchev–Trinajstić information content (AvgIpc) is 2.24. The van der Waals surface area contributed by atoms with E-state index in [-0.39, 0.29) is 0 Å². The summed E-state index contributed by atoms with van der Waals surface area (Å²) in [4.78, 5) is 0. The van der Waals surface area contributed by atoms with Gasteiger partial charge in [0.25, 0.3) is 0 Å². The number of nitrogens with zero attached hydrogens (tertiary/aromatic N) is 1. The standard InChI is InChI=1S/C9H12ClNSe/c1-11(2)7-8-5-3-4-6-9(8)12(11)10/h3-6H,7H2,1-2H3/q+1. The average molecular weight is 249 g/mol. The molecule has 0 saturated heterocycles. The summed E-state index contributed by atoms with van der Waals surface area (Å²) in [5.41, 5.74) is 1.45. The van der Waals surface area contributed by atoms with Crippen molar-refractivity contribution < 1.29 is 3.50 Å². The molecule has 0 aromatic heterocycles. The summed E-state index contributed by atoms with van der Waals surface area (Å²) < 4.78 is 2.41. The van der Waals surface area contributed by atoms with Crippen LogP contribution in [0.1, 0.15) is 5.56 Å². The maximum absolute atomic E-state index is 6.43. The van der Waals surface area contributed by atoms with Gasteiger partial charge < -0.3 is 0 Å². The van der Waals surface area contributed by atoms with Crippen molar-refractivity contribution in [1.82, 2.24) is 0 Å². The molecule has 1 aliphatic heterocycles. The Kier molecular flexibility index (Phi) is 1.96. The van der Waals surface area contributed by atoms with Gasteiger partial charge in [0.1, 0.15) is 0 Å². The molecule has 1 aliphatic rings. The Morgan fingerprint density at radius 1 is 1.33 bits per heavy atom. The molecule has 0 atom stereocenters. The van der Waals surface area contributed by atoms with E-state index in [1.807, 2.05) is 0 Å². The number of quaternary nitrogens is 1. The van der Waals surface area contributed by atoms with Gasteiger partial charge in [0.2, 0.25) is 0 Å². The first-order valence-corrected chi connectivity index (χ1v) is 7.81. The molecule has 1 aromatic rings. The van der Waals surface area contributed by atoms with Crippen molar-refractivity contribution in [2.75, 3.05) is 14.1 Å². The molecular weight excluding hydrogens is 237 g/mol. The van der Waals surface area contributed by atoms with Gasteiger partial charge in [-0.1, -0.05) is 0 Å². The van der Waals surface area contributed by atoms with E-state index in [0.717, 1.165) is 10.0 Å². The van der Waals surface area contributed by atoms with Crippen molar-refractivity contribution in [1.29, 1.82) is 0 Å². The monoisotopic (exact) mass is 249 g/mol. The van der Waals surface area contributed by atoms with Crippen LogP contribution in [0.2, 0.25) is 0 Å². The Morgan fingerprint density at radius 2 is 2.00 bits per heavy atom. The first-order chi connectivity index (χ1) is 5.61. The van der Waals surface area contributed by atoms with Gasteiger partial charge in [0.05, 0.1) is 0 Å². The quantitative estimate of drug-likeness (QED) is 0.606. The zero-order chi connectivity index (χ0) is 8.77. The van der Waals surface area contributed by atoms with E-state index in [4.69, 9.17) is 10.1 Å². The van der Waals surface area contributed by atoms with Crippen LogP contribution in [0.3, 0.4) is 0 Å². The van der Waals surface area contributed by atoms with E-state index >= 15 is 0 Å². The van der Waals surface area contributed by atoms with Crippen LogP contribution in [0.5, 0.6) is 0 Å². The maximum atomic E-state index is 6.43. The van der Waals surface area contributed by atoms with Gasteiger partial charge in [-0.3, -0.25) is 0 Å². The van der Waals surface area contributed by atoms with E-state index < -0.39 is 13.2 Å². The summed E-state index contributed by atoms with van der Waals surface area (Å²) in [6.07, 6.45) is 0. The molecule has 1 heterocycles. The first-order valence-electron chi connectivity index (χ1n) is 3.93. The fraction of sp³-hybridized carbons (Fsp3) is 0.333. The van der Waals surface area contributed by atoms with Crippen LogP contribution in [0.4, 0.5) is 0 Å². The van der Waals surface area contributed by atoms with Crippen LogP contribution in [0.25, 0.3) is 0 Å². The van der Waals surface area contributed by atoms with Crippen molar-refractivity contribution in [3.8, 4) is 0 Å². The van der Waals surface area contributed by atoms with Gasteiger partial charge in [-0.2, -0.15) is 0 Å². The molecule has 1 aromatic carbocycles. The summed E-state index contributed by atoms with van der Waals surface area (Å²) in [6, 6.07) is 8.56. The van der Waals surface area contributed by atoms with Crippen molar-refractivity contribution in [2.45, 2.75) is 6.54 Å². The van der Waals surface area contributed by atoms with Gasteiger partial charge in [-0.25, -0.2) is 0 Å². The van der Waals surface area contributed by atoms with Crippen molar-refractivity contribution in [3.05, 3.63) is 29.8 Å². The molecule has 0 spiro atoms. The second-order valence-corrected chi connectivity index (χ2v) is 9.09. The summed E-state index contributed by atoms with van der Waals surface area (Å²) in [5.74, 6) is 0. The fourth-order valence-electron chi connectivity index (χ4n) is 1.53. The zero-order valence-corrected chi connectivity index (χ0v) is 9.72. The number of hydrogen-bond donors (Lipinski definition) is 0. The molecule has 1 radical (unpaired) electrons. The molecule has 1 nitrogen and oxygen atoms in total. The van der Waals surface area contributed by atoms with Gasteiger partial charge in [0, 0.05) is 0 Å². The number of rotatable bonds is 0. The Balaban J connectivity index is 2.49. The molecule has 3 heteroatoms. The second kappa shape index (κ2) is 2.74. The SMILES string of the molecule is C[N+]1(C)Cc2ccccc2[Se]1Cl. The predicted octanol–water partition coefficient (Wildman–Crippen LogP) is 1.21. The van der Waals surface area contributed by atoms with Crippen LogP contribution >= 0.6 is 10.1 Å². The van der Waals surface area contributed by atoms with Crippen molar-refractivity contribution in [2.24, 2.45) is 0 Å². The Labute approximate surface area is 81.9 Å². The molecule has 0 amide bonds. The van der Waals surface area contributed by atoms with Crippen LogP contribution in [-0.2, 0) is 6.54 Å². The van der Waals surface area contributed by atoms with Crippen LogP contribution < -0.4 is 4.46 Å². The van der Waals surface area contributed by atoms with Crippen LogP contribution in [0, 0.1) is 0 Å². The van der Waals surface area contributed by atoms with Gasteiger partial charge >= 0.3 is 81.7 Å². The van der Waals surface area contributed by atoms with Gasteiger partial charge in [-0.15, -0.1) is 0 Å². The summed E-state index contributed by atoms with van der Waals surface area (Å²) in [5, 5.41) is 0. The third-order valence-electron chi connectivity index (χ3n) is 2.14. The first kappa shape index (κ1) is 8.58. The summed E-state index contributed by atoms with van der Waals surface area (Å²) in [6.45, 7) is 1.10. The topological polar surface area (TPSA) is 0 Å². The Hall–Kier alpha value is -0.0105. The normalized spacial score (nSPS) is 20.9. The van der Waals surface area contributed by atoms with E-state index in [9.17, 15) is 0 Å². The predicted molar refractivity (Wildman–Crippen MR) is 53.5 cm³/mol. The minimum atomic E-state index is -1.11. The van der Waals surface area contributed by atoms with Crippen LogP contribution in [-0.4, -0.2) is 30.8 Å². The molecule has 12 heavy (non-hydrogen) atoms. The number of halogens is 1. The number of fused-ring (bicyclic) bond motifs is 1. The summed E-state index contributed by atoms with van der Waals surface area (Å²) >= 11 is -1.11. The molecule has 0 aliphatic carbocycles. The molecule has 65 valence electrons.